The largest absolute Gasteiger partial charge is 0.490 e. The first-order chi connectivity index (χ1) is 17.1. The molecule has 0 saturated heterocycles. The molecule has 16 heteroatoms. The highest BCUT2D eigenvalue weighted by Gasteiger charge is 2.38. The lowest BCUT2D eigenvalue weighted by molar-refractivity contribution is -0.193. The van der Waals surface area contributed by atoms with Crippen LogP contribution in [0.3, 0.4) is 0 Å². The van der Waals surface area contributed by atoms with Gasteiger partial charge in [0.25, 0.3) is 5.91 Å². The average Bonchev–Trinajstić information content (AvgIpc) is 3.48. The van der Waals surface area contributed by atoms with Crippen LogP contribution in [0, 0.1) is 0 Å². The summed E-state index contributed by atoms with van der Waals surface area (Å²) < 4.78 is 68.7. The first-order valence-electron chi connectivity index (χ1n) is 9.49. The molecule has 0 unspecified atom stereocenters. The highest BCUT2D eigenvalue weighted by atomic mass is 19.4. The molecule has 0 fully saturated rings. The van der Waals surface area contributed by atoms with Crippen molar-refractivity contribution in [3.05, 3.63) is 60.6 Å². The maximum atomic E-state index is 11.5. The lowest BCUT2D eigenvalue weighted by atomic mass is 10.1. The van der Waals surface area contributed by atoms with Gasteiger partial charge in [-0.1, -0.05) is 30.3 Å². The van der Waals surface area contributed by atoms with Gasteiger partial charge in [-0.05, 0) is 12.1 Å². The zero-order chi connectivity index (χ0) is 28.0. The monoisotopic (exact) mass is 532 g/mol. The van der Waals surface area contributed by atoms with Crippen LogP contribution in [0.15, 0.2) is 59.5 Å². The Morgan fingerprint density at radius 3 is 1.81 bits per heavy atom. The summed E-state index contributed by atoms with van der Waals surface area (Å²) in [4.78, 5) is 40.9. The third-order valence-electron chi connectivity index (χ3n) is 4.14. The molecular weight excluding hydrogens is 518 g/mol. The molecule has 0 spiro atoms. The molecule has 4 aromatic rings. The van der Waals surface area contributed by atoms with Crippen molar-refractivity contribution in [2.75, 3.05) is 0 Å². The number of hydrogen-bond acceptors (Lipinski definition) is 6. The fraction of sp³-hybridized carbons (Fsp3) is 0.0952. The van der Waals surface area contributed by atoms with E-state index < -0.39 is 30.2 Å². The molecule has 0 aliphatic rings. The number of carboxylic acid groups (broad SMARTS) is 2. The summed E-state index contributed by atoms with van der Waals surface area (Å²) in [6, 6.07) is 13.0. The minimum Gasteiger partial charge on any atom is -0.475 e. The number of halogens is 6. The predicted octanol–water partition coefficient (Wildman–Crippen LogP) is 4.25. The summed E-state index contributed by atoms with van der Waals surface area (Å²) in [6.07, 6.45) is -7.11. The first kappa shape index (κ1) is 28.3. The average molecular weight is 532 g/mol. The van der Waals surface area contributed by atoms with Crippen LogP contribution in [-0.2, 0) is 9.59 Å². The molecule has 2 aromatic carbocycles. The number of fused-ring (bicyclic) bond motifs is 1. The number of aliphatic carboxylic acids is 2. The number of nitrogens with two attached hydrogens (primary N) is 1. The number of para-hydroxylation sites is 1. The van der Waals surface area contributed by atoms with Gasteiger partial charge in [0.2, 0.25) is 0 Å². The Labute approximate surface area is 201 Å². The molecule has 10 nitrogen and oxygen atoms in total. The Morgan fingerprint density at radius 1 is 0.865 bits per heavy atom. The summed E-state index contributed by atoms with van der Waals surface area (Å²) in [5.41, 5.74) is 8.98. The van der Waals surface area contributed by atoms with Crippen LogP contribution >= 0.6 is 0 Å². The van der Waals surface area contributed by atoms with Gasteiger partial charge in [0.1, 0.15) is 11.3 Å². The van der Waals surface area contributed by atoms with Crippen LogP contribution in [0.2, 0.25) is 0 Å². The van der Waals surface area contributed by atoms with Gasteiger partial charge in [-0.2, -0.15) is 26.3 Å². The number of aromatic amines is 1. The maximum Gasteiger partial charge on any atom is 0.490 e. The number of imidazole rings is 1. The summed E-state index contributed by atoms with van der Waals surface area (Å²) in [5.74, 6) is -4.62. The summed E-state index contributed by atoms with van der Waals surface area (Å²) in [7, 11) is 0. The van der Waals surface area contributed by atoms with Gasteiger partial charge in [0.05, 0.1) is 17.3 Å². The Morgan fingerprint density at radius 2 is 1.38 bits per heavy atom. The smallest absolute Gasteiger partial charge is 0.475 e. The molecule has 0 atom stereocenters. The SMILES string of the molecule is NC(=O)c1cccc2[nH]c(-c3ccc(-c4cnco4)cc3)nc12.O=C(O)C(F)(F)F.O=C(O)C(F)(F)F. The number of alkyl halides is 6. The van der Waals surface area contributed by atoms with E-state index in [1.54, 1.807) is 18.3 Å². The van der Waals surface area contributed by atoms with E-state index in [4.69, 9.17) is 30.0 Å². The second-order valence-corrected chi connectivity index (χ2v) is 6.70. The van der Waals surface area contributed by atoms with Gasteiger partial charge < -0.3 is 25.3 Å². The summed E-state index contributed by atoms with van der Waals surface area (Å²) in [5, 5.41) is 14.2. The molecule has 0 bridgehead atoms. The number of carboxylic acids is 2. The van der Waals surface area contributed by atoms with Gasteiger partial charge in [0, 0.05) is 11.1 Å². The van der Waals surface area contributed by atoms with Crippen molar-refractivity contribution in [3.63, 3.8) is 0 Å². The topological polar surface area (TPSA) is 172 Å². The van der Waals surface area contributed by atoms with Crippen LogP contribution in [0.1, 0.15) is 10.4 Å². The van der Waals surface area contributed by atoms with E-state index in [9.17, 15) is 31.1 Å². The molecule has 2 heterocycles. The lowest BCUT2D eigenvalue weighted by Crippen LogP contribution is -2.21. The molecule has 1 amide bonds. The van der Waals surface area contributed by atoms with E-state index in [0.29, 0.717) is 22.7 Å². The van der Waals surface area contributed by atoms with Crippen LogP contribution in [0.4, 0.5) is 26.3 Å². The first-order valence-corrected chi connectivity index (χ1v) is 9.49. The lowest BCUT2D eigenvalue weighted by Gasteiger charge is -1.99. The van der Waals surface area contributed by atoms with Crippen molar-refractivity contribution in [2.24, 2.45) is 5.73 Å². The second kappa shape index (κ2) is 11.2. The molecular formula is C21H14F6N4O6. The molecule has 0 aliphatic carbocycles. The van der Waals surface area contributed by atoms with Crippen LogP contribution < -0.4 is 5.73 Å². The molecule has 196 valence electrons. The zero-order valence-corrected chi connectivity index (χ0v) is 18.0. The van der Waals surface area contributed by atoms with Gasteiger partial charge in [-0.15, -0.1) is 0 Å². The number of carbonyl (C=O) groups excluding carboxylic acids is 1. The van der Waals surface area contributed by atoms with E-state index in [0.717, 1.165) is 16.6 Å². The van der Waals surface area contributed by atoms with E-state index in [1.807, 2.05) is 30.3 Å². The number of H-pyrrole nitrogens is 1. The molecule has 5 N–H and O–H groups in total. The van der Waals surface area contributed by atoms with E-state index in [-0.39, 0.29) is 0 Å². The number of primary amides is 1. The highest BCUT2D eigenvalue weighted by Crippen LogP contribution is 2.26. The second-order valence-electron chi connectivity index (χ2n) is 6.70. The number of aromatic nitrogens is 3. The van der Waals surface area contributed by atoms with Crippen LogP contribution in [-0.4, -0.2) is 55.4 Å². The Hall–Kier alpha value is -4.89. The predicted molar refractivity (Wildman–Crippen MR) is 113 cm³/mol. The van der Waals surface area contributed by atoms with Gasteiger partial charge in [0.15, 0.2) is 12.2 Å². The number of benzene rings is 2. The zero-order valence-electron chi connectivity index (χ0n) is 18.0. The minimum absolute atomic E-state index is 0.406. The van der Waals surface area contributed by atoms with Crippen molar-refractivity contribution in [1.29, 1.82) is 0 Å². The summed E-state index contributed by atoms with van der Waals surface area (Å²) >= 11 is 0. The Balaban J connectivity index is 0.000000286. The summed E-state index contributed by atoms with van der Waals surface area (Å²) in [6.45, 7) is 0. The molecule has 2 aromatic heterocycles. The Bertz CT molecular complexity index is 1360. The number of nitrogens with zero attached hydrogens (tertiary/aromatic N) is 2. The fourth-order valence-electron chi connectivity index (χ4n) is 2.52. The molecule has 0 aliphatic heterocycles. The molecule has 4 rings (SSSR count). The van der Waals surface area contributed by atoms with Gasteiger partial charge in [-0.3, -0.25) is 4.79 Å². The standard InChI is InChI=1S/C17H12N4O2.2C2HF3O2/c18-16(22)12-2-1-3-13-15(12)21-17(20-13)11-6-4-10(5-7-11)14-8-19-9-23-14;2*3-2(4,5)1(6)7/h1-9H,(H2,18,22)(H,20,21);2*(H,6,7). The Kier molecular flexibility index (Phi) is 8.61. The quantitative estimate of drug-likeness (QED) is 0.284. The molecule has 37 heavy (non-hydrogen) atoms. The van der Waals surface area contributed by atoms with Crippen molar-refractivity contribution in [2.45, 2.75) is 12.4 Å². The number of rotatable bonds is 3. The van der Waals surface area contributed by atoms with Gasteiger partial charge in [-0.25, -0.2) is 19.6 Å². The minimum atomic E-state index is -5.08. The normalized spacial score (nSPS) is 11.1. The van der Waals surface area contributed by atoms with Crippen molar-refractivity contribution < 1.29 is 55.4 Å². The third-order valence-corrected chi connectivity index (χ3v) is 4.14. The van der Waals surface area contributed by atoms with Crippen LogP contribution in [0.5, 0.6) is 0 Å². The van der Waals surface area contributed by atoms with Crippen molar-refractivity contribution in [3.8, 4) is 22.7 Å². The van der Waals surface area contributed by atoms with Crippen molar-refractivity contribution in [1.82, 2.24) is 15.0 Å². The number of oxazole rings is 1. The third kappa shape index (κ3) is 7.81. The molecule has 0 radical (unpaired) electrons. The van der Waals surface area contributed by atoms with Crippen molar-refractivity contribution >= 4 is 28.9 Å². The highest BCUT2D eigenvalue weighted by molar-refractivity contribution is 6.04. The number of carbonyl (C=O) groups is 3. The van der Waals surface area contributed by atoms with E-state index >= 15 is 0 Å². The number of amides is 1. The van der Waals surface area contributed by atoms with Crippen LogP contribution in [0.25, 0.3) is 33.7 Å². The maximum absolute atomic E-state index is 11.5. The number of hydrogen-bond donors (Lipinski definition) is 4. The number of nitrogens with one attached hydrogen (secondary N) is 1. The van der Waals surface area contributed by atoms with Gasteiger partial charge >= 0.3 is 24.3 Å². The van der Waals surface area contributed by atoms with E-state index in [1.165, 1.54) is 6.39 Å². The molecule has 0 saturated carbocycles. The van der Waals surface area contributed by atoms with E-state index in [2.05, 4.69) is 15.0 Å². The fourth-order valence-corrected chi connectivity index (χ4v) is 2.52.